The summed E-state index contributed by atoms with van der Waals surface area (Å²) in [6.07, 6.45) is 0.329. The van der Waals surface area contributed by atoms with Gasteiger partial charge in [0.2, 0.25) is 11.7 Å². The third-order valence-electron chi connectivity index (χ3n) is 5.80. The molecule has 3 aromatic rings. The molecule has 3 amide bonds. The zero-order valence-electron chi connectivity index (χ0n) is 21.2. The number of halogens is 1. The molecule has 0 bridgehead atoms. The molecule has 2 atom stereocenters. The molecule has 198 valence electrons. The van der Waals surface area contributed by atoms with Crippen molar-refractivity contribution in [2.75, 3.05) is 5.32 Å². The molecule has 0 radical (unpaired) electrons. The molecule has 8 nitrogen and oxygen atoms in total. The number of carbonyl (C=O) groups is 4. The monoisotopic (exact) mass is 518 g/mol. The summed E-state index contributed by atoms with van der Waals surface area (Å²) in [6, 6.07) is 19.3. The van der Waals surface area contributed by atoms with E-state index in [0.717, 1.165) is 5.56 Å². The highest BCUT2D eigenvalue weighted by molar-refractivity contribution is 6.38. The minimum absolute atomic E-state index is 0.0113. The Morgan fingerprint density at radius 1 is 0.789 bits per heavy atom. The second kappa shape index (κ2) is 13.1. The Morgan fingerprint density at radius 2 is 1.39 bits per heavy atom. The summed E-state index contributed by atoms with van der Waals surface area (Å²) >= 11 is 0. The third-order valence-corrected chi connectivity index (χ3v) is 5.80. The number of ketones is 1. The fourth-order valence-electron chi connectivity index (χ4n) is 3.94. The molecular weight excluding hydrogens is 487 g/mol. The van der Waals surface area contributed by atoms with Gasteiger partial charge in [-0.1, -0.05) is 68.4 Å². The molecule has 0 saturated carbocycles. The van der Waals surface area contributed by atoms with Crippen molar-refractivity contribution in [3.8, 4) is 0 Å². The van der Waals surface area contributed by atoms with E-state index in [4.69, 9.17) is 5.73 Å². The number of anilines is 2. The van der Waals surface area contributed by atoms with Gasteiger partial charge in [-0.15, -0.1) is 0 Å². The second-order valence-electron chi connectivity index (χ2n) is 9.29. The molecule has 0 spiro atoms. The van der Waals surface area contributed by atoms with Crippen molar-refractivity contribution in [1.29, 1.82) is 0 Å². The van der Waals surface area contributed by atoms with Gasteiger partial charge in [0.05, 0.1) is 16.9 Å². The van der Waals surface area contributed by atoms with E-state index in [1.165, 1.54) is 6.07 Å². The van der Waals surface area contributed by atoms with Crippen LogP contribution in [0.5, 0.6) is 0 Å². The maximum atomic E-state index is 14.2. The molecule has 9 heteroatoms. The smallest absolute Gasteiger partial charge is 0.287 e. The molecule has 0 aromatic heterocycles. The first-order valence-electron chi connectivity index (χ1n) is 12.2. The first kappa shape index (κ1) is 28.0. The highest BCUT2D eigenvalue weighted by Crippen LogP contribution is 2.23. The molecule has 38 heavy (non-hydrogen) atoms. The highest BCUT2D eigenvalue weighted by atomic mass is 19.1. The predicted molar refractivity (Wildman–Crippen MR) is 143 cm³/mol. The lowest BCUT2D eigenvalue weighted by molar-refractivity contribution is -0.138. The Balaban J connectivity index is 1.81. The van der Waals surface area contributed by atoms with Gasteiger partial charge in [-0.3, -0.25) is 19.2 Å². The molecule has 0 fully saturated rings. The summed E-state index contributed by atoms with van der Waals surface area (Å²) < 4.78 is 14.2. The lowest BCUT2D eigenvalue weighted by Gasteiger charge is -2.24. The fourth-order valence-corrected chi connectivity index (χ4v) is 3.94. The Kier molecular flexibility index (Phi) is 9.70. The van der Waals surface area contributed by atoms with Crippen LogP contribution in [0.2, 0.25) is 0 Å². The van der Waals surface area contributed by atoms with Crippen molar-refractivity contribution in [1.82, 2.24) is 10.6 Å². The van der Waals surface area contributed by atoms with Crippen molar-refractivity contribution >= 4 is 34.9 Å². The van der Waals surface area contributed by atoms with Crippen molar-refractivity contribution in [3.63, 3.8) is 0 Å². The zero-order valence-corrected chi connectivity index (χ0v) is 21.2. The van der Waals surface area contributed by atoms with Crippen LogP contribution in [-0.2, 0) is 20.8 Å². The van der Waals surface area contributed by atoms with Crippen molar-refractivity contribution in [3.05, 3.63) is 95.8 Å². The molecule has 0 aliphatic rings. The Labute approximate surface area is 220 Å². The standard InChI is InChI=1S/C29H31FN4O4/c1-18(2)16-25(29(38)33-24(26(35)27(31)36)17-19-10-4-3-5-11-19)34-28(37)20-12-6-8-14-22(20)32-23-15-9-7-13-21(23)30/h3-15,18,24-25,32H,16-17H2,1-2H3,(H2,31,36)(H,33,38)(H,34,37)/t24-,25-/m0/s1. The number of benzene rings is 3. The average molecular weight is 519 g/mol. The van der Waals surface area contributed by atoms with Gasteiger partial charge in [-0.05, 0) is 42.2 Å². The summed E-state index contributed by atoms with van der Waals surface area (Å²) in [7, 11) is 0. The number of hydrogen-bond donors (Lipinski definition) is 4. The van der Waals surface area contributed by atoms with E-state index in [9.17, 15) is 23.6 Å². The van der Waals surface area contributed by atoms with Crippen LogP contribution in [0.1, 0.15) is 36.2 Å². The first-order chi connectivity index (χ1) is 18.2. The SMILES string of the molecule is CC(C)C[C@H](NC(=O)c1ccccc1Nc1ccccc1F)C(=O)N[C@@H](Cc1ccccc1)C(=O)C(N)=O. The Morgan fingerprint density at radius 3 is 2.03 bits per heavy atom. The number of nitrogens with one attached hydrogen (secondary N) is 3. The molecule has 5 N–H and O–H groups in total. The van der Waals surface area contributed by atoms with Crippen molar-refractivity contribution in [2.24, 2.45) is 11.7 Å². The van der Waals surface area contributed by atoms with E-state index in [0.29, 0.717) is 5.69 Å². The highest BCUT2D eigenvalue weighted by Gasteiger charge is 2.30. The quantitative estimate of drug-likeness (QED) is 0.273. The van der Waals surface area contributed by atoms with Crippen LogP contribution in [0.3, 0.4) is 0 Å². The lowest BCUT2D eigenvalue weighted by atomic mass is 9.99. The molecule has 0 unspecified atom stereocenters. The molecule has 3 rings (SSSR count). The first-order valence-corrected chi connectivity index (χ1v) is 12.2. The van der Waals surface area contributed by atoms with Gasteiger partial charge >= 0.3 is 0 Å². The normalized spacial score (nSPS) is 12.3. The largest absolute Gasteiger partial charge is 0.363 e. The zero-order chi connectivity index (χ0) is 27.7. The topological polar surface area (TPSA) is 130 Å². The Hall–Kier alpha value is -4.53. The van der Waals surface area contributed by atoms with Crippen molar-refractivity contribution < 1.29 is 23.6 Å². The van der Waals surface area contributed by atoms with E-state index in [-0.39, 0.29) is 30.0 Å². The van der Waals surface area contributed by atoms with Crippen LogP contribution in [0.25, 0.3) is 0 Å². The maximum Gasteiger partial charge on any atom is 0.287 e. The van der Waals surface area contributed by atoms with Crippen molar-refractivity contribution in [2.45, 2.75) is 38.8 Å². The third kappa shape index (κ3) is 7.73. The number of primary amides is 1. The number of para-hydroxylation sites is 2. The van der Waals surface area contributed by atoms with E-state index >= 15 is 0 Å². The van der Waals surface area contributed by atoms with Crippen LogP contribution in [-0.4, -0.2) is 35.6 Å². The molecule has 0 heterocycles. The molecular formula is C29H31FN4O4. The summed E-state index contributed by atoms with van der Waals surface area (Å²) in [6.45, 7) is 3.77. The molecule has 0 saturated heterocycles. The summed E-state index contributed by atoms with van der Waals surface area (Å²) in [4.78, 5) is 50.7. The van der Waals surface area contributed by atoms with Gasteiger partial charge in [0.15, 0.2) is 0 Å². The lowest BCUT2D eigenvalue weighted by Crippen LogP contribution is -2.54. The van der Waals surface area contributed by atoms with Gasteiger partial charge in [0, 0.05) is 6.42 Å². The fraction of sp³-hybridized carbons (Fsp3) is 0.241. The number of rotatable bonds is 12. The average Bonchev–Trinajstić information content (AvgIpc) is 2.89. The summed E-state index contributed by atoms with van der Waals surface area (Å²) in [5, 5.41) is 8.25. The van der Waals surface area contributed by atoms with Crippen LogP contribution in [0.4, 0.5) is 15.8 Å². The van der Waals surface area contributed by atoms with Gasteiger partial charge < -0.3 is 21.7 Å². The van der Waals surface area contributed by atoms with E-state index in [1.807, 2.05) is 13.8 Å². The van der Waals surface area contributed by atoms with E-state index in [1.54, 1.807) is 72.8 Å². The maximum absolute atomic E-state index is 14.2. The summed E-state index contributed by atoms with van der Waals surface area (Å²) in [5.74, 6) is -3.76. The summed E-state index contributed by atoms with van der Waals surface area (Å²) in [5.41, 5.74) is 6.70. The minimum Gasteiger partial charge on any atom is -0.363 e. The van der Waals surface area contributed by atoms with Crippen LogP contribution in [0.15, 0.2) is 78.9 Å². The number of carbonyl (C=O) groups excluding carboxylic acids is 4. The van der Waals surface area contributed by atoms with Crippen LogP contribution < -0.4 is 21.7 Å². The predicted octanol–water partition coefficient (Wildman–Crippen LogP) is 3.50. The Bertz CT molecular complexity index is 1300. The van der Waals surface area contributed by atoms with Gasteiger partial charge in [0.25, 0.3) is 11.8 Å². The molecule has 0 aliphatic carbocycles. The number of hydrogen-bond acceptors (Lipinski definition) is 5. The van der Waals surface area contributed by atoms with E-state index in [2.05, 4.69) is 16.0 Å². The number of Topliss-reactive ketones (excluding diaryl/α,β-unsaturated/α-hetero) is 1. The van der Waals surface area contributed by atoms with E-state index < -0.39 is 41.4 Å². The van der Waals surface area contributed by atoms with Crippen LogP contribution in [0, 0.1) is 11.7 Å². The number of nitrogens with two attached hydrogens (primary N) is 1. The number of amides is 3. The van der Waals surface area contributed by atoms with Gasteiger partial charge in [0.1, 0.15) is 17.9 Å². The van der Waals surface area contributed by atoms with Crippen LogP contribution >= 0.6 is 0 Å². The van der Waals surface area contributed by atoms with Gasteiger partial charge in [-0.25, -0.2) is 4.39 Å². The second-order valence-corrected chi connectivity index (χ2v) is 9.29. The minimum atomic E-state index is -1.19. The van der Waals surface area contributed by atoms with Gasteiger partial charge in [-0.2, -0.15) is 0 Å². The molecule has 0 aliphatic heterocycles. The molecule has 3 aromatic carbocycles.